The second-order valence-electron chi connectivity index (χ2n) is 6.03. The number of carboxylic acid groups (broad SMARTS) is 1. The van der Waals surface area contributed by atoms with Gasteiger partial charge >= 0.3 is 0 Å². The van der Waals surface area contributed by atoms with Crippen LogP contribution in [0.4, 0.5) is 0 Å². The number of fused-ring (bicyclic) bond motifs is 1. The van der Waals surface area contributed by atoms with Crippen LogP contribution in [0.2, 0.25) is 5.02 Å². The van der Waals surface area contributed by atoms with Crippen LogP contribution >= 0.6 is 11.6 Å². The van der Waals surface area contributed by atoms with Gasteiger partial charge in [0.1, 0.15) is 0 Å². The summed E-state index contributed by atoms with van der Waals surface area (Å²) >= 11 is 5.89. The Bertz CT molecular complexity index is 924. The molecule has 0 amide bonds. The second kappa shape index (κ2) is 9.66. The number of halogens is 1. The number of ether oxygens (including phenoxy) is 1. The van der Waals surface area contributed by atoms with Crippen LogP contribution in [0.1, 0.15) is 36.1 Å². The molecule has 1 unspecified atom stereocenters. The van der Waals surface area contributed by atoms with Crippen LogP contribution in [0.25, 0.3) is 11.6 Å². The Hall–Kier alpha value is -2.96. The van der Waals surface area contributed by atoms with Crippen molar-refractivity contribution in [1.29, 1.82) is 0 Å². The molecule has 1 N–H and O–H groups in total. The molecule has 0 aromatic heterocycles. The van der Waals surface area contributed by atoms with Crippen molar-refractivity contribution in [3.8, 4) is 11.8 Å². The van der Waals surface area contributed by atoms with Crippen molar-refractivity contribution in [1.82, 2.24) is 0 Å². The molecule has 3 rings (SSSR count). The molecule has 0 saturated heterocycles. The number of hydrogen-bond donors (Lipinski definition) is 1. The molecule has 2 aromatic rings. The van der Waals surface area contributed by atoms with Gasteiger partial charge in [0.25, 0.3) is 5.97 Å². The van der Waals surface area contributed by atoms with Crippen molar-refractivity contribution in [3.63, 3.8) is 0 Å². The maximum atomic E-state index is 9.00. The first-order valence-electron chi connectivity index (χ1n) is 8.43. The molecule has 4 heteroatoms. The lowest BCUT2D eigenvalue weighted by molar-refractivity contribution is -0.134. The highest BCUT2D eigenvalue weighted by Crippen LogP contribution is 2.33. The van der Waals surface area contributed by atoms with E-state index in [0.717, 1.165) is 23.1 Å². The standard InChI is InChI=1S/C21H17ClO.C2H4O2/c1-15-3-9-18-10-6-17(13-20(18)21(15)14-23-2)5-4-16-7-11-19(22)12-8-16;1-2(3)4/h3,6-15H,1-2H3;1H3,(H,3,4)/b21-14+;. The molecule has 0 radical (unpaired) electrons. The Morgan fingerprint density at radius 1 is 1.15 bits per heavy atom. The average molecular weight is 381 g/mol. The van der Waals surface area contributed by atoms with Crippen molar-refractivity contribution in [2.75, 3.05) is 7.11 Å². The summed E-state index contributed by atoms with van der Waals surface area (Å²) in [6.07, 6.45) is 6.17. The van der Waals surface area contributed by atoms with E-state index in [9.17, 15) is 0 Å². The molecule has 0 aliphatic heterocycles. The molecule has 27 heavy (non-hydrogen) atoms. The topological polar surface area (TPSA) is 46.5 Å². The van der Waals surface area contributed by atoms with E-state index in [1.54, 1.807) is 7.11 Å². The summed E-state index contributed by atoms with van der Waals surface area (Å²) in [5.74, 6) is 5.90. The minimum Gasteiger partial charge on any atom is -0.504 e. The van der Waals surface area contributed by atoms with E-state index >= 15 is 0 Å². The fourth-order valence-electron chi connectivity index (χ4n) is 2.60. The van der Waals surface area contributed by atoms with Crippen molar-refractivity contribution < 1.29 is 14.6 Å². The summed E-state index contributed by atoms with van der Waals surface area (Å²) in [6.45, 7) is 3.25. The van der Waals surface area contributed by atoms with Gasteiger partial charge in [-0.2, -0.15) is 0 Å². The van der Waals surface area contributed by atoms with E-state index < -0.39 is 5.97 Å². The lowest BCUT2D eigenvalue weighted by atomic mass is 9.85. The lowest BCUT2D eigenvalue weighted by Gasteiger charge is -2.20. The molecular weight excluding hydrogens is 360 g/mol. The minimum atomic E-state index is -0.833. The first kappa shape index (κ1) is 20.4. The van der Waals surface area contributed by atoms with Crippen molar-refractivity contribution >= 4 is 29.2 Å². The largest absolute Gasteiger partial charge is 0.504 e. The minimum absolute atomic E-state index is 0.335. The zero-order valence-corrected chi connectivity index (χ0v) is 16.2. The molecule has 2 aromatic carbocycles. The fraction of sp³-hybridized carbons (Fsp3) is 0.174. The van der Waals surface area contributed by atoms with Crippen molar-refractivity contribution in [3.05, 3.63) is 82.1 Å². The Morgan fingerprint density at radius 3 is 2.37 bits per heavy atom. The molecular formula is C23H21ClO3. The fourth-order valence-corrected chi connectivity index (χ4v) is 2.73. The monoisotopic (exact) mass is 380 g/mol. The summed E-state index contributed by atoms with van der Waals surface area (Å²) < 4.78 is 5.24. The van der Waals surface area contributed by atoms with Gasteiger partial charge in [0, 0.05) is 34.6 Å². The number of benzene rings is 2. The van der Waals surface area contributed by atoms with Crippen LogP contribution in [-0.2, 0) is 9.53 Å². The third-order valence-electron chi connectivity index (χ3n) is 3.86. The zero-order chi connectivity index (χ0) is 19.8. The maximum absolute atomic E-state index is 9.00. The van der Waals surface area contributed by atoms with Gasteiger partial charge in [-0.25, -0.2) is 0 Å². The first-order chi connectivity index (χ1) is 12.9. The van der Waals surface area contributed by atoms with Gasteiger partial charge in [0.15, 0.2) is 0 Å². The van der Waals surface area contributed by atoms with E-state index in [2.05, 4.69) is 43.0 Å². The number of rotatable bonds is 1. The Labute approximate surface area is 164 Å². The number of carboxylic acids is 1. The highest BCUT2D eigenvalue weighted by molar-refractivity contribution is 6.30. The van der Waals surface area contributed by atoms with E-state index in [-0.39, 0.29) is 0 Å². The van der Waals surface area contributed by atoms with Crippen LogP contribution in [0.3, 0.4) is 0 Å². The molecule has 1 aliphatic carbocycles. The second-order valence-corrected chi connectivity index (χ2v) is 6.47. The summed E-state index contributed by atoms with van der Waals surface area (Å²) in [7, 11) is 1.68. The number of allylic oxidation sites excluding steroid dienone is 2. The van der Waals surface area contributed by atoms with Gasteiger partial charge in [-0.15, -0.1) is 0 Å². The molecule has 0 bridgehead atoms. The number of aliphatic carboxylic acids is 1. The van der Waals surface area contributed by atoms with Crippen LogP contribution in [-0.4, -0.2) is 18.2 Å². The molecule has 0 heterocycles. The zero-order valence-electron chi connectivity index (χ0n) is 15.5. The SMILES string of the molecule is CC(=O)O.CO/C=C1/c2cc(C#Cc3ccc(Cl)cc3)ccc2C=CC1C. The van der Waals surface area contributed by atoms with Crippen LogP contribution in [0.15, 0.2) is 54.8 Å². The quantitative estimate of drug-likeness (QED) is 0.526. The van der Waals surface area contributed by atoms with E-state index in [1.165, 1.54) is 16.7 Å². The molecule has 1 atom stereocenters. The number of methoxy groups -OCH3 is 1. The van der Waals surface area contributed by atoms with Crippen LogP contribution in [0.5, 0.6) is 0 Å². The third-order valence-corrected chi connectivity index (χ3v) is 4.11. The average Bonchev–Trinajstić information content (AvgIpc) is 2.63. The molecule has 3 nitrogen and oxygen atoms in total. The van der Waals surface area contributed by atoms with Gasteiger partial charge < -0.3 is 9.84 Å². The van der Waals surface area contributed by atoms with Gasteiger partial charge in [0.2, 0.25) is 0 Å². The van der Waals surface area contributed by atoms with Crippen molar-refractivity contribution in [2.24, 2.45) is 5.92 Å². The predicted molar refractivity (Wildman–Crippen MR) is 110 cm³/mol. The van der Waals surface area contributed by atoms with Gasteiger partial charge in [-0.3, -0.25) is 4.79 Å². The van der Waals surface area contributed by atoms with E-state index in [1.807, 2.05) is 36.6 Å². The summed E-state index contributed by atoms with van der Waals surface area (Å²) in [4.78, 5) is 9.00. The van der Waals surface area contributed by atoms with Gasteiger partial charge in [-0.05, 0) is 47.5 Å². The highest BCUT2D eigenvalue weighted by Gasteiger charge is 2.16. The number of carbonyl (C=O) groups is 1. The molecule has 0 spiro atoms. The van der Waals surface area contributed by atoms with Crippen LogP contribution < -0.4 is 0 Å². The molecule has 138 valence electrons. The molecule has 0 saturated carbocycles. The Morgan fingerprint density at radius 2 is 1.74 bits per heavy atom. The highest BCUT2D eigenvalue weighted by atomic mass is 35.5. The Kier molecular flexibility index (Phi) is 7.28. The summed E-state index contributed by atoms with van der Waals surface area (Å²) in [5.41, 5.74) is 5.50. The van der Waals surface area contributed by atoms with E-state index in [0.29, 0.717) is 5.92 Å². The summed E-state index contributed by atoms with van der Waals surface area (Å²) in [5, 5.41) is 8.14. The van der Waals surface area contributed by atoms with Gasteiger partial charge in [0.05, 0.1) is 13.4 Å². The molecule has 0 fully saturated rings. The first-order valence-corrected chi connectivity index (χ1v) is 8.81. The third kappa shape index (κ3) is 6.06. The molecule has 1 aliphatic rings. The van der Waals surface area contributed by atoms with Crippen LogP contribution in [0, 0.1) is 17.8 Å². The Balaban J connectivity index is 0.000000596. The normalized spacial score (nSPS) is 15.7. The lowest BCUT2D eigenvalue weighted by Crippen LogP contribution is -2.03. The van der Waals surface area contributed by atoms with Crippen molar-refractivity contribution in [2.45, 2.75) is 13.8 Å². The summed E-state index contributed by atoms with van der Waals surface area (Å²) in [6, 6.07) is 13.8. The smallest absolute Gasteiger partial charge is 0.300 e. The predicted octanol–water partition coefficient (Wildman–Crippen LogP) is 5.48. The van der Waals surface area contributed by atoms with Gasteiger partial charge in [-0.1, -0.05) is 48.6 Å². The number of hydrogen-bond acceptors (Lipinski definition) is 2. The maximum Gasteiger partial charge on any atom is 0.300 e. The van der Waals surface area contributed by atoms with E-state index in [4.69, 9.17) is 26.2 Å².